The summed E-state index contributed by atoms with van der Waals surface area (Å²) in [6, 6.07) is 9.41. The summed E-state index contributed by atoms with van der Waals surface area (Å²) in [5.41, 5.74) is 0.755. The maximum absolute atomic E-state index is 14.4. The summed E-state index contributed by atoms with van der Waals surface area (Å²) in [6.45, 7) is 2.53. The molecule has 0 aromatic heterocycles. The first-order valence-electron chi connectivity index (χ1n) is 8.84. The molecule has 2 nitrogen and oxygen atoms in total. The molecule has 25 heavy (non-hydrogen) atoms. The molecule has 0 aliphatic rings. The lowest BCUT2D eigenvalue weighted by Crippen LogP contribution is -2.02. The van der Waals surface area contributed by atoms with Gasteiger partial charge in [0.2, 0.25) is 5.82 Å². The van der Waals surface area contributed by atoms with Gasteiger partial charge in [0.15, 0.2) is 17.9 Å². The molecule has 0 atom stereocenters. The number of rotatable bonds is 10. The van der Waals surface area contributed by atoms with Crippen molar-refractivity contribution < 1.29 is 18.3 Å². The second-order valence-electron chi connectivity index (χ2n) is 6.06. The van der Waals surface area contributed by atoms with Gasteiger partial charge in [-0.25, -0.2) is 4.39 Å². The summed E-state index contributed by atoms with van der Waals surface area (Å²) in [5.74, 6) is -2.09. The maximum Gasteiger partial charge on any atom is 0.201 e. The van der Waals surface area contributed by atoms with E-state index in [-0.39, 0.29) is 11.3 Å². The summed E-state index contributed by atoms with van der Waals surface area (Å²) in [6.07, 6.45) is 7.23. The zero-order valence-corrected chi connectivity index (χ0v) is 14.6. The van der Waals surface area contributed by atoms with Gasteiger partial charge < -0.3 is 4.74 Å². The molecular weight excluding hydrogens is 322 g/mol. The highest BCUT2D eigenvalue weighted by atomic mass is 19.2. The van der Waals surface area contributed by atoms with Crippen LogP contribution in [0.1, 0.15) is 55.8 Å². The van der Waals surface area contributed by atoms with Gasteiger partial charge in [-0.05, 0) is 24.1 Å². The van der Waals surface area contributed by atoms with Gasteiger partial charge in [0.05, 0.1) is 6.61 Å². The van der Waals surface area contributed by atoms with Crippen LogP contribution < -0.4 is 4.74 Å². The van der Waals surface area contributed by atoms with Gasteiger partial charge in [-0.15, -0.1) is 0 Å². The van der Waals surface area contributed by atoms with Crippen LogP contribution in [0.25, 0.3) is 11.1 Å². The Bertz CT molecular complexity index is 698. The van der Waals surface area contributed by atoms with E-state index in [4.69, 9.17) is 4.74 Å². The molecule has 0 aliphatic carbocycles. The number of carbonyl (C=O) groups is 1. The highest BCUT2D eigenvalue weighted by molar-refractivity contribution is 5.87. The van der Waals surface area contributed by atoms with E-state index in [2.05, 4.69) is 6.92 Å². The van der Waals surface area contributed by atoms with Crippen LogP contribution in [0.5, 0.6) is 5.75 Å². The van der Waals surface area contributed by atoms with Crippen LogP contribution >= 0.6 is 0 Å². The van der Waals surface area contributed by atoms with E-state index < -0.39 is 11.6 Å². The summed E-state index contributed by atoms with van der Waals surface area (Å²) in [5, 5.41) is 0. The topological polar surface area (TPSA) is 26.3 Å². The van der Waals surface area contributed by atoms with E-state index in [0.29, 0.717) is 24.0 Å². The van der Waals surface area contributed by atoms with Crippen molar-refractivity contribution in [2.45, 2.75) is 45.4 Å². The minimum Gasteiger partial charge on any atom is -0.490 e. The van der Waals surface area contributed by atoms with Crippen LogP contribution in [0.4, 0.5) is 8.78 Å². The molecule has 0 fully saturated rings. The summed E-state index contributed by atoms with van der Waals surface area (Å²) in [7, 11) is 0. The second-order valence-corrected chi connectivity index (χ2v) is 6.06. The Labute approximate surface area is 147 Å². The lowest BCUT2D eigenvalue weighted by Gasteiger charge is -2.11. The zero-order valence-electron chi connectivity index (χ0n) is 14.6. The Morgan fingerprint density at radius 2 is 1.60 bits per heavy atom. The molecule has 0 saturated carbocycles. The molecular formula is C21H24F2O2. The minimum absolute atomic E-state index is 0.0621. The largest absolute Gasteiger partial charge is 0.490 e. The molecule has 2 aromatic rings. The molecule has 0 saturated heterocycles. The monoisotopic (exact) mass is 346 g/mol. The number of hydrogen-bond donors (Lipinski definition) is 0. The summed E-state index contributed by atoms with van der Waals surface area (Å²) >= 11 is 0. The average Bonchev–Trinajstić information content (AvgIpc) is 2.64. The van der Waals surface area contributed by atoms with Crippen molar-refractivity contribution in [3.63, 3.8) is 0 Å². The summed E-state index contributed by atoms with van der Waals surface area (Å²) < 4.78 is 34.1. The highest BCUT2D eigenvalue weighted by Crippen LogP contribution is 2.31. The van der Waals surface area contributed by atoms with Gasteiger partial charge in [0.1, 0.15) is 0 Å². The van der Waals surface area contributed by atoms with Gasteiger partial charge in [0.25, 0.3) is 0 Å². The molecule has 2 aromatic carbocycles. The van der Waals surface area contributed by atoms with E-state index in [1.807, 2.05) is 0 Å². The Hall–Kier alpha value is -2.23. The van der Waals surface area contributed by atoms with Crippen LogP contribution in [0.15, 0.2) is 36.4 Å². The molecule has 0 aliphatic heterocycles. The fourth-order valence-corrected chi connectivity index (χ4v) is 2.76. The lowest BCUT2D eigenvalue weighted by atomic mass is 9.99. The second kappa shape index (κ2) is 9.92. The number of aldehydes is 1. The minimum atomic E-state index is -1.01. The first-order chi connectivity index (χ1) is 12.2. The third kappa shape index (κ3) is 5.12. The van der Waals surface area contributed by atoms with Gasteiger partial charge in [0, 0.05) is 11.1 Å². The quantitative estimate of drug-likeness (QED) is 0.379. The number of halogens is 2. The van der Waals surface area contributed by atoms with Crippen molar-refractivity contribution in [3.8, 4) is 16.9 Å². The van der Waals surface area contributed by atoms with Gasteiger partial charge in [-0.3, -0.25) is 4.79 Å². The number of benzene rings is 2. The molecule has 2 rings (SSSR count). The molecule has 0 N–H and O–H groups in total. The van der Waals surface area contributed by atoms with Crippen molar-refractivity contribution in [1.29, 1.82) is 0 Å². The van der Waals surface area contributed by atoms with Gasteiger partial charge in [-0.1, -0.05) is 63.3 Å². The molecule has 0 spiro atoms. The standard InChI is InChI=1S/C21H24F2O2/c1-2-3-4-5-6-9-14-25-19-13-12-18(20(22)21(19)23)17-11-8-7-10-16(17)15-24/h7-8,10-13,15H,2-6,9,14H2,1H3. The number of unbranched alkanes of at least 4 members (excludes halogenated alkanes) is 5. The fourth-order valence-electron chi connectivity index (χ4n) is 2.76. The highest BCUT2D eigenvalue weighted by Gasteiger charge is 2.17. The first kappa shape index (κ1) is 19.1. The molecule has 0 amide bonds. The fraction of sp³-hybridized carbons (Fsp3) is 0.381. The Balaban J connectivity index is 2.01. The predicted molar refractivity (Wildman–Crippen MR) is 96.1 cm³/mol. The lowest BCUT2D eigenvalue weighted by molar-refractivity contribution is 0.112. The molecule has 134 valence electrons. The van der Waals surface area contributed by atoms with E-state index >= 15 is 0 Å². The zero-order chi connectivity index (χ0) is 18.1. The third-order valence-corrected chi connectivity index (χ3v) is 4.18. The van der Waals surface area contributed by atoms with E-state index in [1.165, 1.54) is 31.4 Å². The van der Waals surface area contributed by atoms with Crippen LogP contribution in [0.2, 0.25) is 0 Å². The number of ether oxygens (including phenoxy) is 1. The predicted octanol–water partition coefficient (Wildman–Crippen LogP) is 6.18. The first-order valence-corrected chi connectivity index (χ1v) is 8.84. The smallest absolute Gasteiger partial charge is 0.201 e. The third-order valence-electron chi connectivity index (χ3n) is 4.18. The Kier molecular flexibility index (Phi) is 7.58. The van der Waals surface area contributed by atoms with Gasteiger partial charge in [-0.2, -0.15) is 4.39 Å². The Morgan fingerprint density at radius 1 is 0.880 bits per heavy atom. The van der Waals surface area contributed by atoms with Crippen molar-refractivity contribution in [2.75, 3.05) is 6.61 Å². The molecule has 0 unspecified atom stereocenters. The van der Waals surface area contributed by atoms with Crippen molar-refractivity contribution in [1.82, 2.24) is 0 Å². The number of hydrogen-bond acceptors (Lipinski definition) is 2. The Morgan fingerprint density at radius 3 is 2.36 bits per heavy atom. The van der Waals surface area contributed by atoms with E-state index in [0.717, 1.165) is 19.3 Å². The normalized spacial score (nSPS) is 10.7. The van der Waals surface area contributed by atoms with Gasteiger partial charge >= 0.3 is 0 Å². The molecule has 0 radical (unpaired) electrons. The average molecular weight is 346 g/mol. The van der Waals surface area contributed by atoms with Crippen molar-refractivity contribution >= 4 is 6.29 Å². The van der Waals surface area contributed by atoms with E-state index in [9.17, 15) is 13.6 Å². The van der Waals surface area contributed by atoms with E-state index in [1.54, 1.807) is 24.3 Å². The van der Waals surface area contributed by atoms with Crippen LogP contribution in [0.3, 0.4) is 0 Å². The van der Waals surface area contributed by atoms with Crippen molar-refractivity contribution in [2.24, 2.45) is 0 Å². The van der Waals surface area contributed by atoms with Crippen LogP contribution in [-0.2, 0) is 0 Å². The van der Waals surface area contributed by atoms with Crippen LogP contribution in [-0.4, -0.2) is 12.9 Å². The number of carbonyl (C=O) groups excluding carboxylic acids is 1. The molecule has 0 bridgehead atoms. The molecule has 4 heteroatoms. The SMILES string of the molecule is CCCCCCCCOc1ccc(-c2ccccc2C=O)c(F)c1F. The molecule has 0 heterocycles. The van der Waals surface area contributed by atoms with Crippen molar-refractivity contribution in [3.05, 3.63) is 53.6 Å². The van der Waals surface area contributed by atoms with Crippen LogP contribution in [0, 0.1) is 11.6 Å². The summed E-state index contributed by atoms with van der Waals surface area (Å²) in [4.78, 5) is 11.1. The maximum atomic E-state index is 14.4.